The predicted octanol–water partition coefficient (Wildman–Crippen LogP) is 2.98. The van der Waals surface area contributed by atoms with Crippen molar-refractivity contribution >= 4 is 5.69 Å². The summed E-state index contributed by atoms with van der Waals surface area (Å²) >= 11 is 0. The van der Waals surface area contributed by atoms with Crippen molar-refractivity contribution in [2.75, 3.05) is 26.2 Å². The summed E-state index contributed by atoms with van der Waals surface area (Å²) in [5.41, 5.74) is 1.31. The van der Waals surface area contributed by atoms with E-state index in [1.807, 2.05) is 12.1 Å². The quantitative estimate of drug-likeness (QED) is 0.646. The van der Waals surface area contributed by atoms with E-state index in [0.29, 0.717) is 6.04 Å². The van der Waals surface area contributed by atoms with Gasteiger partial charge in [0.25, 0.3) is 5.69 Å². The highest BCUT2D eigenvalue weighted by Gasteiger charge is 2.21. The highest BCUT2D eigenvalue weighted by Crippen LogP contribution is 2.25. The van der Waals surface area contributed by atoms with Crippen LogP contribution in [0.25, 0.3) is 0 Å². The van der Waals surface area contributed by atoms with Crippen molar-refractivity contribution in [1.82, 2.24) is 10.2 Å². The van der Waals surface area contributed by atoms with Gasteiger partial charge in [-0.25, -0.2) is 0 Å². The van der Waals surface area contributed by atoms with Gasteiger partial charge in [0.1, 0.15) is 0 Å². The lowest BCUT2D eigenvalue weighted by molar-refractivity contribution is -0.384. The van der Waals surface area contributed by atoms with E-state index in [2.05, 4.69) is 24.1 Å². The minimum absolute atomic E-state index is 0.160. The third-order valence-corrected chi connectivity index (χ3v) is 4.49. The fourth-order valence-corrected chi connectivity index (χ4v) is 3.04. The maximum absolute atomic E-state index is 10.7. The first-order chi connectivity index (χ1) is 10.1. The lowest BCUT2D eigenvalue weighted by Crippen LogP contribution is -2.37. The van der Waals surface area contributed by atoms with Gasteiger partial charge in [-0.2, -0.15) is 0 Å². The van der Waals surface area contributed by atoms with Crippen LogP contribution in [0.3, 0.4) is 0 Å². The lowest BCUT2D eigenvalue weighted by Gasteiger charge is -2.33. The molecular weight excluding hydrogens is 266 g/mol. The molecule has 1 atom stereocenters. The van der Waals surface area contributed by atoms with E-state index in [0.717, 1.165) is 37.7 Å². The summed E-state index contributed by atoms with van der Waals surface area (Å²) in [4.78, 5) is 12.8. The molecule has 1 unspecified atom stereocenters. The molecule has 5 heteroatoms. The number of piperidine rings is 1. The van der Waals surface area contributed by atoms with Crippen LogP contribution in [0.2, 0.25) is 0 Å². The molecule has 1 aromatic carbocycles. The van der Waals surface area contributed by atoms with Crippen molar-refractivity contribution in [3.8, 4) is 0 Å². The molecule has 1 aliphatic rings. The van der Waals surface area contributed by atoms with E-state index in [1.165, 1.54) is 12.8 Å². The van der Waals surface area contributed by atoms with Crippen molar-refractivity contribution in [2.24, 2.45) is 5.92 Å². The number of benzene rings is 1. The molecule has 1 N–H and O–H groups in total. The Hall–Kier alpha value is -1.46. The van der Waals surface area contributed by atoms with Crippen LogP contribution in [-0.4, -0.2) is 36.0 Å². The average Bonchev–Trinajstić information content (AvgIpc) is 2.53. The van der Waals surface area contributed by atoms with Gasteiger partial charge in [-0.05, 0) is 50.9 Å². The Balaban J connectivity index is 2.00. The van der Waals surface area contributed by atoms with E-state index in [1.54, 1.807) is 12.1 Å². The number of non-ortho nitro benzene ring substituents is 1. The van der Waals surface area contributed by atoms with E-state index in [9.17, 15) is 10.1 Å². The third kappa shape index (κ3) is 4.25. The van der Waals surface area contributed by atoms with Crippen LogP contribution in [0.1, 0.15) is 38.3 Å². The Labute approximate surface area is 126 Å². The zero-order valence-corrected chi connectivity index (χ0v) is 12.9. The molecule has 116 valence electrons. The van der Waals surface area contributed by atoms with E-state index in [-0.39, 0.29) is 10.6 Å². The predicted molar refractivity (Wildman–Crippen MR) is 84.4 cm³/mol. The summed E-state index contributed by atoms with van der Waals surface area (Å²) in [6.07, 6.45) is 2.48. The van der Waals surface area contributed by atoms with Gasteiger partial charge in [0, 0.05) is 24.7 Å². The Kier molecular flexibility index (Phi) is 5.70. The molecule has 0 spiro atoms. The van der Waals surface area contributed by atoms with Crippen LogP contribution in [0.4, 0.5) is 5.69 Å². The molecule has 0 amide bonds. The highest BCUT2D eigenvalue weighted by molar-refractivity contribution is 5.34. The van der Waals surface area contributed by atoms with Crippen molar-refractivity contribution in [3.63, 3.8) is 0 Å². The SMILES string of the molecule is CCN(CC1CCNCC1)C(C)c1ccc([N+](=O)[O-])cc1. The van der Waals surface area contributed by atoms with Gasteiger partial charge in [0.2, 0.25) is 0 Å². The number of nitro benzene ring substituents is 1. The molecule has 2 rings (SSSR count). The monoisotopic (exact) mass is 291 g/mol. The minimum atomic E-state index is -0.346. The van der Waals surface area contributed by atoms with E-state index in [4.69, 9.17) is 0 Å². The van der Waals surface area contributed by atoms with Crippen molar-refractivity contribution in [3.05, 3.63) is 39.9 Å². The Morgan fingerprint density at radius 3 is 2.48 bits per heavy atom. The van der Waals surface area contributed by atoms with Gasteiger partial charge in [-0.15, -0.1) is 0 Å². The molecule has 0 aromatic heterocycles. The number of nitrogens with one attached hydrogen (secondary N) is 1. The summed E-state index contributed by atoms with van der Waals surface area (Å²) in [5, 5.41) is 14.1. The second kappa shape index (κ2) is 7.52. The van der Waals surface area contributed by atoms with Gasteiger partial charge in [-0.1, -0.05) is 19.1 Å². The summed E-state index contributed by atoms with van der Waals surface area (Å²) in [5.74, 6) is 0.756. The Morgan fingerprint density at radius 1 is 1.33 bits per heavy atom. The molecular formula is C16H25N3O2. The summed E-state index contributed by atoms with van der Waals surface area (Å²) in [7, 11) is 0. The number of rotatable bonds is 6. The molecule has 1 aromatic rings. The smallest absolute Gasteiger partial charge is 0.269 e. The molecule has 1 saturated heterocycles. The van der Waals surface area contributed by atoms with Gasteiger partial charge >= 0.3 is 0 Å². The van der Waals surface area contributed by atoms with Crippen molar-refractivity contribution in [1.29, 1.82) is 0 Å². The number of nitrogens with zero attached hydrogens (tertiary/aromatic N) is 2. The van der Waals surface area contributed by atoms with Crippen LogP contribution in [0.15, 0.2) is 24.3 Å². The van der Waals surface area contributed by atoms with Crippen molar-refractivity contribution in [2.45, 2.75) is 32.7 Å². The van der Waals surface area contributed by atoms with Crippen molar-refractivity contribution < 1.29 is 4.92 Å². The first-order valence-corrected chi connectivity index (χ1v) is 7.81. The summed E-state index contributed by atoms with van der Waals surface area (Å²) in [6, 6.07) is 7.27. The molecule has 0 bridgehead atoms. The fourth-order valence-electron chi connectivity index (χ4n) is 3.04. The van der Waals surface area contributed by atoms with Crippen LogP contribution in [-0.2, 0) is 0 Å². The summed E-state index contributed by atoms with van der Waals surface area (Å²) < 4.78 is 0. The van der Waals surface area contributed by atoms with Gasteiger partial charge in [0.05, 0.1) is 4.92 Å². The van der Waals surface area contributed by atoms with Gasteiger partial charge in [0.15, 0.2) is 0 Å². The second-order valence-corrected chi connectivity index (χ2v) is 5.81. The Morgan fingerprint density at radius 2 is 1.95 bits per heavy atom. The molecule has 0 radical (unpaired) electrons. The first-order valence-electron chi connectivity index (χ1n) is 7.81. The largest absolute Gasteiger partial charge is 0.317 e. The number of hydrogen-bond donors (Lipinski definition) is 1. The standard InChI is InChI=1S/C16H25N3O2/c1-3-18(12-14-8-10-17-11-9-14)13(2)15-4-6-16(7-5-15)19(20)21/h4-7,13-14,17H,3,8-12H2,1-2H3. The first kappa shape index (κ1) is 15.9. The molecule has 0 aliphatic carbocycles. The van der Waals surface area contributed by atoms with Crippen LogP contribution < -0.4 is 5.32 Å². The lowest BCUT2D eigenvalue weighted by atomic mass is 9.96. The molecule has 21 heavy (non-hydrogen) atoms. The van der Waals surface area contributed by atoms with Crippen LogP contribution in [0, 0.1) is 16.0 Å². The summed E-state index contributed by atoms with van der Waals surface area (Å²) in [6.45, 7) is 8.72. The second-order valence-electron chi connectivity index (χ2n) is 5.81. The minimum Gasteiger partial charge on any atom is -0.317 e. The van der Waals surface area contributed by atoms with Crippen LogP contribution >= 0.6 is 0 Å². The van der Waals surface area contributed by atoms with E-state index >= 15 is 0 Å². The van der Waals surface area contributed by atoms with Gasteiger partial charge < -0.3 is 5.32 Å². The zero-order valence-electron chi connectivity index (χ0n) is 12.9. The topological polar surface area (TPSA) is 58.4 Å². The Bertz CT molecular complexity index is 455. The molecule has 1 fully saturated rings. The van der Waals surface area contributed by atoms with E-state index < -0.39 is 0 Å². The third-order valence-electron chi connectivity index (χ3n) is 4.49. The normalized spacial score (nSPS) is 17.9. The maximum atomic E-state index is 10.7. The zero-order chi connectivity index (χ0) is 15.2. The average molecular weight is 291 g/mol. The van der Waals surface area contributed by atoms with Crippen LogP contribution in [0.5, 0.6) is 0 Å². The molecule has 1 aliphatic heterocycles. The highest BCUT2D eigenvalue weighted by atomic mass is 16.6. The molecule has 5 nitrogen and oxygen atoms in total. The molecule has 0 saturated carbocycles. The van der Waals surface area contributed by atoms with Gasteiger partial charge in [-0.3, -0.25) is 15.0 Å². The number of nitro groups is 1. The number of hydrogen-bond acceptors (Lipinski definition) is 4. The fraction of sp³-hybridized carbons (Fsp3) is 0.625. The molecule has 1 heterocycles. The maximum Gasteiger partial charge on any atom is 0.269 e.